The lowest BCUT2D eigenvalue weighted by molar-refractivity contribution is 0.190. The molecule has 0 aromatic carbocycles. The van der Waals surface area contributed by atoms with Crippen LogP contribution in [0, 0.1) is 0 Å². The highest BCUT2D eigenvalue weighted by Crippen LogP contribution is 2.42. The monoisotopic (exact) mass is 367 g/mol. The molecule has 0 amide bonds. The lowest BCUT2D eigenvalue weighted by Crippen LogP contribution is -2.44. The van der Waals surface area contributed by atoms with Gasteiger partial charge < -0.3 is 9.84 Å². The fraction of sp³-hybridized carbons (Fsp3) is 0.579. The minimum Gasteiger partial charge on any atom is -0.334 e. The fourth-order valence-electron chi connectivity index (χ4n) is 3.75. The van der Waals surface area contributed by atoms with E-state index in [1.807, 2.05) is 10.9 Å². The van der Waals surface area contributed by atoms with Crippen LogP contribution in [0.2, 0.25) is 0 Å². The first-order valence-electron chi connectivity index (χ1n) is 9.75. The van der Waals surface area contributed by atoms with Crippen LogP contribution in [0.4, 0.5) is 0 Å². The molecule has 142 valence electrons. The van der Waals surface area contributed by atoms with Crippen LogP contribution in [-0.2, 0) is 0 Å². The van der Waals surface area contributed by atoms with Gasteiger partial charge in [-0.2, -0.15) is 10.1 Å². The lowest BCUT2D eigenvalue weighted by Gasteiger charge is -2.30. The first-order valence-corrected chi connectivity index (χ1v) is 9.75. The van der Waals surface area contributed by atoms with Crippen LogP contribution in [0.25, 0.3) is 22.5 Å². The van der Waals surface area contributed by atoms with E-state index in [9.17, 15) is 0 Å². The number of nitrogens with zero attached hydrogens (tertiary/aromatic N) is 6. The maximum absolute atomic E-state index is 5.70. The summed E-state index contributed by atoms with van der Waals surface area (Å²) >= 11 is 0. The van der Waals surface area contributed by atoms with Crippen LogP contribution in [0.1, 0.15) is 56.2 Å². The fourth-order valence-corrected chi connectivity index (χ4v) is 3.75. The average molecular weight is 367 g/mol. The van der Waals surface area contributed by atoms with Crippen molar-refractivity contribution in [3.8, 4) is 11.5 Å². The molecule has 0 bridgehead atoms. The SMILES string of the molecule is CC(C)n1ncc2c(-c3nc(C4CNCCN4C)no3)cc(C3CC3)nc21. The molecule has 8 nitrogen and oxygen atoms in total. The Labute approximate surface area is 157 Å². The van der Waals surface area contributed by atoms with Crippen molar-refractivity contribution in [1.29, 1.82) is 0 Å². The van der Waals surface area contributed by atoms with E-state index in [4.69, 9.17) is 14.5 Å². The molecule has 1 aliphatic carbocycles. The van der Waals surface area contributed by atoms with E-state index < -0.39 is 0 Å². The molecule has 2 aliphatic rings. The van der Waals surface area contributed by atoms with E-state index in [-0.39, 0.29) is 12.1 Å². The Hall–Kier alpha value is -2.32. The Morgan fingerprint density at radius 3 is 2.85 bits per heavy atom. The number of piperazine rings is 1. The van der Waals surface area contributed by atoms with Gasteiger partial charge in [-0.3, -0.25) is 4.90 Å². The molecular formula is C19H25N7O. The molecule has 27 heavy (non-hydrogen) atoms. The summed E-state index contributed by atoms with van der Waals surface area (Å²) in [6, 6.07) is 2.50. The van der Waals surface area contributed by atoms with Crippen molar-refractivity contribution in [3.63, 3.8) is 0 Å². The first kappa shape index (κ1) is 16.8. The molecule has 1 aliphatic heterocycles. The Morgan fingerprint density at radius 2 is 2.11 bits per heavy atom. The molecule has 0 spiro atoms. The number of rotatable bonds is 4. The molecule has 1 saturated carbocycles. The third kappa shape index (κ3) is 2.93. The number of nitrogens with one attached hydrogen (secondary N) is 1. The predicted molar refractivity (Wildman–Crippen MR) is 101 cm³/mol. The molecular weight excluding hydrogens is 342 g/mol. The number of hydrogen-bond acceptors (Lipinski definition) is 7. The number of likely N-dealkylation sites (N-methyl/N-ethyl adjacent to an activating group) is 1. The lowest BCUT2D eigenvalue weighted by atomic mass is 10.1. The zero-order chi connectivity index (χ0) is 18.5. The second-order valence-corrected chi connectivity index (χ2v) is 7.95. The third-order valence-electron chi connectivity index (χ3n) is 5.55. The summed E-state index contributed by atoms with van der Waals surface area (Å²) < 4.78 is 7.68. The summed E-state index contributed by atoms with van der Waals surface area (Å²) in [6.45, 7) is 7.03. The van der Waals surface area contributed by atoms with Crippen molar-refractivity contribution < 1.29 is 4.52 Å². The van der Waals surface area contributed by atoms with Gasteiger partial charge in [0.15, 0.2) is 11.5 Å². The van der Waals surface area contributed by atoms with Gasteiger partial charge in [0.2, 0.25) is 0 Å². The largest absolute Gasteiger partial charge is 0.334 e. The molecule has 1 unspecified atom stereocenters. The van der Waals surface area contributed by atoms with E-state index in [0.29, 0.717) is 11.8 Å². The van der Waals surface area contributed by atoms with Crippen LogP contribution in [0.15, 0.2) is 16.8 Å². The summed E-state index contributed by atoms with van der Waals surface area (Å²) in [5.41, 5.74) is 2.95. The summed E-state index contributed by atoms with van der Waals surface area (Å²) in [7, 11) is 2.10. The molecule has 1 N–H and O–H groups in total. The van der Waals surface area contributed by atoms with Crippen molar-refractivity contribution in [2.75, 3.05) is 26.7 Å². The summed E-state index contributed by atoms with van der Waals surface area (Å²) in [4.78, 5) is 11.9. The number of fused-ring (bicyclic) bond motifs is 1. The summed E-state index contributed by atoms with van der Waals surface area (Å²) in [6.07, 6.45) is 4.26. The molecule has 3 aromatic rings. The first-order chi connectivity index (χ1) is 13.1. The van der Waals surface area contributed by atoms with Crippen molar-refractivity contribution in [2.45, 2.75) is 44.7 Å². The van der Waals surface area contributed by atoms with Gasteiger partial charge in [0.05, 0.1) is 23.2 Å². The van der Waals surface area contributed by atoms with Gasteiger partial charge in [0, 0.05) is 37.3 Å². The van der Waals surface area contributed by atoms with Crippen LogP contribution < -0.4 is 5.32 Å². The zero-order valence-electron chi connectivity index (χ0n) is 16.0. The van der Waals surface area contributed by atoms with Gasteiger partial charge in [-0.1, -0.05) is 5.16 Å². The van der Waals surface area contributed by atoms with E-state index in [1.165, 1.54) is 12.8 Å². The highest BCUT2D eigenvalue weighted by molar-refractivity contribution is 5.90. The summed E-state index contributed by atoms with van der Waals surface area (Å²) in [5.74, 6) is 1.83. The topological polar surface area (TPSA) is 84.9 Å². The standard InChI is InChI=1S/C19H25N7O/c1-11(2)26-18-14(9-21-26)13(8-15(22-18)12-4-5-12)19-23-17(24-27-19)16-10-20-6-7-25(16)3/h8-9,11-12,16,20H,4-7,10H2,1-3H3. The Bertz CT molecular complexity index is 972. The van der Waals surface area contributed by atoms with Crippen LogP contribution in [0.3, 0.4) is 0 Å². The predicted octanol–water partition coefficient (Wildman–Crippen LogP) is 2.52. The van der Waals surface area contributed by atoms with E-state index >= 15 is 0 Å². The minimum atomic E-state index is 0.134. The van der Waals surface area contributed by atoms with Crippen molar-refractivity contribution in [1.82, 2.24) is 35.1 Å². The van der Waals surface area contributed by atoms with Crippen LogP contribution in [-0.4, -0.2) is 56.5 Å². The van der Waals surface area contributed by atoms with Gasteiger partial charge in [-0.05, 0) is 39.8 Å². The van der Waals surface area contributed by atoms with Crippen molar-refractivity contribution in [3.05, 3.63) is 23.8 Å². The zero-order valence-corrected chi connectivity index (χ0v) is 16.0. The smallest absolute Gasteiger partial charge is 0.258 e. The number of pyridine rings is 1. The average Bonchev–Trinajstić information content (AvgIpc) is 3.24. The molecule has 8 heteroatoms. The van der Waals surface area contributed by atoms with Gasteiger partial charge in [-0.25, -0.2) is 9.67 Å². The van der Waals surface area contributed by atoms with Gasteiger partial charge in [0.25, 0.3) is 5.89 Å². The second kappa shape index (κ2) is 6.38. The van der Waals surface area contributed by atoms with E-state index in [2.05, 4.69) is 47.4 Å². The summed E-state index contributed by atoms with van der Waals surface area (Å²) in [5, 5.41) is 13.2. The molecule has 1 atom stereocenters. The third-order valence-corrected chi connectivity index (χ3v) is 5.55. The van der Waals surface area contributed by atoms with Gasteiger partial charge in [-0.15, -0.1) is 0 Å². The highest BCUT2D eigenvalue weighted by atomic mass is 16.5. The quantitative estimate of drug-likeness (QED) is 0.758. The molecule has 1 saturated heterocycles. The van der Waals surface area contributed by atoms with Gasteiger partial charge >= 0.3 is 0 Å². The number of aromatic nitrogens is 5. The molecule has 5 rings (SSSR count). The Morgan fingerprint density at radius 1 is 1.26 bits per heavy atom. The molecule has 4 heterocycles. The van der Waals surface area contributed by atoms with E-state index in [0.717, 1.165) is 47.7 Å². The maximum atomic E-state index is 5.70. The van der Waals surface area contributed by atoms with Crippen molar-refractivity contribution >= 4 is 11.0 Å². The van der Waals surface area contributed by atoms with Crippen LogP contribution in [0.5, 0.6) is 0 Å². The van der Waals surface area contributed by atoms with Gasteiger partial charge in [0.1, 0.15) is 0 Å². The number of hydrogen-bond donors (Lipinski definition) is 1. The van der Waals surface area contributed by atoms with Crippen molar-refractivity contribution in [2.24, 2.45) is 0 Å². The van der Waals surface area contributed by atoms with Crippen LogP contribution >= 0.6 is 0 Å². The molecule has 3 aromatic heterocycles. The Kier molecular flexibility index (Phi) is 3.98. The second-order valence-electron chi connectivity index (χ2n) is 7.95. The molecule has 2 fully saturated rings. The van der Waals surface area contributed by atoms with E-state index in [1.54, 1.807) is 0 Å². The molecule has 0 radical (unpaired) electrons. The highest BCUT2D eigenvalue weighted by Gasteiger charge is 2.30. The normalized spacial score (nSPS) is 21.4. The maximum Gasteiger partial charge on any atom is 0.258 e. The Balaban J connectivity index is 1.60. The minimum absolute atomic E-state index is 0.134.